The lowest BCUT2D eigenvalue weighted by molar-refractivity contribution is 0.600. The van der Waals surface area contributed by atoms with Gasteiger partial charge >= 0.3 is 0 Å². The molecule has 0 amide bonds. The molecule has 1 aromatic carbocycles. The van der Waals surface area contributed by atoms with Gasteiger partial charge in [-0.25, -0.2) is 13.4 Å². The SMILES string of the molecule is C=CCCc1cccc(NS(=O)(=O)Cc2ccccc2)n1. The van der Waals surface area contributed by atoms with Crippen LogP contribution in [0.3, 0.4) is 0 Å². The number of hydrogen-bond acceptors (Lipinski definition) is 3. The topological polar surface area (TPSA) is 59.1 Å². The Bertz CT molecular complexity index is 697. The van der Waals surface area contributed by atoms with Gasteiger partial charge in [-0.15, -0.1) is 6.58 Å². The Labute approximate surface area is 125 Å². The lowest BCUT2D eigenvalue weighted by Gasteiger charge is -2.08. The van der Waals surface area contributed by atoms with Crippen molar-refractivity contribution in [2.24, 2.45) is 0 Å². The molecule has 110 valence electrons. The molecule has 1 aromatic heterocycles. The van der Waals surface area contributed by atoms with E-state index >= 15 is 0 Å². The zero-order valence-electron chi connectivity index (χ0n) is 11.7. The zero-order valence-corrected chi connectivity index (χ0v) is 12.5. The van der Waals surface area contributed by atoms with Crippen molar-refractivity contribution >= 4 is 15.8 Å². The van der Waals surface area contributed by atoms with E-state index in [0.29, 0.717) is 5.82 Å². The molecule has 0 fully saturated rings. The number of nitrogens with one attached hydrogen (secondary N) is 1. The Kier molecular flexibility index (Phi) is 5.11. The van der Waals surface area contributed by atoms with E-state index in [4.69, 9.17) is 0 Å². The van der Waals surface area contributed by atoms with Gasteiger partial charge in [-0.2, -0.15) is 0 Å². The number of aryl methyl sites for hydroxylation is 1. The number of benzene rings is 1. The summed E-state index contributed by atoms with van der Waals surface area (Å²) in [6.45, 7) is 3.67. The van der Waals surface area contributed by atoms with Gasteiger partial charge in [-0.3, -0.25) is 4.72 Å². The van der Waals surface area contributed by atoms with Crippen molar-refractivity contribution in [2.75, 3.05) is 4.72 Å². The minimum absolute atomic E-state index is 0.0631. The lowest BCUT2D eigenvalue weighted by Crippen LogP contribution is -2.16. The molecule has 1 heterocycles. The van der Waals surface area contributed by atoms with E-state index in [0.717, 1.165) is 24.1 Å². The van der Waals surface area contributed by atoms with Gasteiger partial charge in [0.15, 0.2) is 0 Å². The molecule has 0 bridgehead atoms. The van der Waals surface area contributed by atoms with Crippen molar-refractivity contribution in [3.8, 4) is 0 Å². The highest BCUT2D eigenvalue weighted by atomic mass is 32.2. The molecule has 4 nitrogen and oxygen atoms in total. The highest BCUT2D eigenvalue weighted by molar-refractivity contribution is 7.91. The number of aromatic nitrogens is 1. The molecule has 0 aliphatic rings. The first-order chi connectivity index (χ1) is 10.1. The van der Waals surface area contributed by atoms with E-state index in [1.54, 1.807) is 24.3 Å². The fourth-order valence-corrected chi connectivity index (χ4v) is 3.05. The van der Waals surface area contributed by atoms with Crippen LogP contribution in [0.25, 0.3) is 0 Å². The Hall–Kier alpha value is -2.14. The summed E-state index contributed by atoms with van der Waals surface area (Å²) in [5.74, 6) is 0.291. The summed E-state index contributed by atoms with van der Waals surface area (Å²) in [4.78, 5) is 4.30. The van der Waals surface area contributed by atoms with E-state index in [1.165, 1.54) is 0 Å². The first kappa shape index (κ1) is 15.3. The summed E-state index contributed by atoms with van der Waals surface area (Å²) in [5, 5.41) is 0. The predicted octanol–water partition coefficient (Wildman–Crippen LogP) is 3.14. The molecule has 0 spiro atoms. The van der Waals surface area contributed by atoms with Gasteiger partial charge < -0.3 is 0 Å². The Morgan fingerprint density at radius 3 is 2.57 bits per heavy atom. The second-order valence-corrected chi connectivity index (χ2v) is 6.41. The van der Waals surface area contributed by atoms with Crippen LogP contribution in [0.1, 0.15) is 17.7 Å². The van der Waals surface area contributed by atoms with Gasteiger partial charge in [0.25, 0.3) is 0 Å². The summed E-state index contributed by atoms with van der Waals surface area (Å²) in [5.41, 5.74) is 1.59. The number of nitrogens with zero attached hydrogens (tertiary/aromatic N) is 1. The van der Waals surface area contributed by atoms with E-state index in [-0.39, 0.29) is 5.75 Å². The number of sulfonamides is 1. The van der Waals surface area contributed by atoms with Crippen molar-refractivity contribution < 1.29 is 8.42 Å². The Morgan fingerprint density at radius 1 is 1.10 bits per heavy atom. The summed E-state index contributed by atoms with van der Waals surface area (Å²) >= 11 is 0. The highest BCUT2D eigenvalue weighted by Gasteiger charge is 2.12. The number of allylic oxidation sites excluding steroid dienone is 1. The fraction of sp³-hybridized carbons (Fsp3) is 0.188. The molecular weight excluding hydrogens is 284 g/mol. The number of anilines is 1. The molecule has 0 aliphatic carbocycles. The maximum atomic E-state index is 12.1. The van der Waals surface area contributed by atoms with Crippen molar-refractivity contribution in [1.82, 2.24) is 4.98 Å². The van der Waals surface area contributed by atoms with Crippen molar-refractivity contribution in [1.29, 1.82) is 0 Å². The maximum Gasteiger partial charge on any atom is 0.238 e. The quantitative estimate of drug-likeness (QED) is 0.799. The van der Waals surface area contributed by atoms with Gasteiger partial charge in [-0.05, 0) is 30.5 Å². The van der Waals surface area contributed by atoms with Gasteiger partial charge in [0.2, 0.25) is 10.0 Å². The third kappa shape index (κ3) is 5.04. The van der Waals surface area contributed by atoms with E-state index in [2.05, 4.69) is 16.3 Å². The standard InChI is InChI=1S/C16H18N2O2S/c1-2-3-10-15-11-7-12-16(17-15)18-21(19,20)13-14-8-5-4-6-9-14/h2,4-9,11-12H,1,3,10,13H2,(H,17,18). The molecule has 2 rings (SSSR count). The normalized spacial score (nSPS) is 11.0. The number of pyridine rings is 1. The van der Waals surface area contributed by atoms with Crippen molar-refractivity contribution in [2.45, 2.75) is 18.6 Å². The molecule has 0 unspecified atom stereocenters. The zero-order chi connectivity index (χ0) is 15.1. The van der Waals surface area contributed by atoms with Gasteiger partial charge in [0.1, 0.15) is 5.82 Å². The minimum atomic E-state index is -3.46. The largest absolute Gasteiger partial charge is 0.267 e. The predicted molar refractivity (Wildman–Crippen MR) is 85.4 cm³/mol. The Morgan fingerprint density at radius 2 is 1.86 bits per heavy atom. The molecule has 21 heavy (non-hydrogen) atoms. The molecular formula is C16H18N2O2S. The molecule has 0 aliphatic heterocycles. The van der Waals surface area contributed by atoms with Crippen LogP contribution in [-0.4, -0.2) is 13.4 Å². The van der Waals surface area contributed by atoms with E-state index in [1.807, 2.05) is 30.3 Å². The lowest BCUT2D eigenvalue weighted by atomic mass is 10.2. The van der Waals surface area contributed by atoms with Gasteiger partial charge in [0, 0.05) is 5.69 Å². The van der Waals surface area contributed by atoms with Crippen molar-refractivity contribution in [3.05, 3.63) is 72.4 Å². The van der Waals surface area contributed by atoms with Crippen LogP contribution >= 0.6 is 0 Å². The first-order valence-electron chi connectivity index (χ1n) is 6.70. The van der Waals surface area contributed by atoms with Crippen LogP contribution in [0, 0.1) is 0 Å². The summed E-state index contributed by atoms with van der Waals surface area (Å²) in [6.07, 6.45) is 3.37. The van der Waals surface area contributed by atoms with Crippen LogP contribution < -0.4 is 4.72 Å². The van der Waals surface area contributed by atoms with E-state index in [9.17, 15) is 8.42 Å². The molecule has 1 N–H and O–H groups in total. The van der Waals surface area contributed by atoms with Crippen LogP contribution in [0.5, 0.6) is 0 Å². The average molecular weight is 302 g/mol. The van der Waals surface area contributed by atoms with Gasteiger partial charge in [0.05, 0.1) is 5.75 Å². The molecule has 2 aromatic rings. The molecule has 0 saturated carbocycles. The first-order valence-corrected chi connectivity index (χ1v) is 8.35. The Balaban J connectivity index is 2.07. The van der Waals surface area contributed by atoms with Gasteiger partial charge in [-0.1, -0.05) is 42.5 Å². The molecule has 5 heteroatoms. The number of rotatable bonds is 7. The summed E-state index contributed by atoms with van der Waals surface area (Å²) in [6, 6.07) is 14.4. The molecule has 0 radical (unpaired) electrons. The highest BCUT2D eigenvalue weighted by Crippen LogP contribution is 2.12. The van der Waals surface area contributed by atoms with Crippen LogP contribution in [0.2, 0.25) is 0 Å². The monoisotopic (exact) mass is 302 g/mol. The molecule has 0 saturated heterocycles. The smallest absolute Gasteiger partial charge is 0.238 e. The van der Waals surface area contributed by atoms with Crippen LogP contribution in [-0.2, 0) is 22.2 Å². The summed E-state index contributed by atoms with van der Waals surface area (Å²) < 4.78 is 26.8. The summed E-state index contributed by atoms with van der Waals surface area (Å²) in [7, 11) is -3.46. The van der Waals surface area contributed by atoms with Crippen LogP contribution in [0.15, 0.2) is 61.2 Å². The average Bonchev–Trinajstić information content (AvgIpc) is 2.45. The third-order valence-electron chi connectivity index (χ3n) is 2.87. The maximum absolute atomic E-state index is 12.1. The fourth-order valence-electron chi connectivity index (χ4n) is 1.91. The minimum Gasteiger partial charge on any atom is -0.267 e. The second kappa shape index (κ2) is 7.04. The van der Waals surface area contributed by atoms with E-state index < -0.39 is 10.0 Å². The van der Waals surface area contributed by atoms with Crippen molar-refractivity contribution in [3.63, 3.8) is 0 Å². The molecule has 0 atom stereocenters. The number of hydrogen-bond donors (Lipinski definition) is 1. The van der Waals surface area contributed by atoms with Crippen LogP contribution in [0.4, 0.5) is 5.82 Å². The third-order valence-corrected chi connectivity index (χ3v) is 4.10. The second-order valence-electron chi connectivity index (χ2n) is 4.69.